The van der Waals surface area contributed by atoms with Gasteiger partial charge >= 0.3 is 11.9 Å². The summed E-state index contributed by atoms with van der Waals surface area (Å²) in [6.07, 6.45) is -0.112. The van der Waals surface area contributed by atoms with Crippen molar-refractivity contribution < 1.29 is 28.7 Å². The van der Waals surface area contributed by atoms with Crippen molar-refractivity contribution in [2.75, 3.05) is 19.2 Å². The molecule has 150 valence electrons. The van der Waals surface area contributed by atoms with Gasteiger partial charge in [0.25, 0.3) is 5.91 Å². The molecule has 29 heavy (non-hydrogen) atoms. The van der Waals surface area contributed by atoms with Crippen molar-refractivity contribution in [2.24, 2.45) is 16.8 Å². The fraction of sp³-hybridized carbons (Fsp3) is 0.350. The summed E-state index contributed by atoms with van der Waals surface area (Å²) in [5.74, 6) is -4.06. The zero-order chi connectivity index (χ0) is 20.7. The Hall–Kier alpha value is -3.33. The molecule has 9 nitrogen and oxygen atoms in total. The number of ketones is 1. The Bertz CT molecular complexity index is 960. The van der Waals surface area contributed by atoms with Gasteiger partial charge in [-0.1, -0.05) is 18.2 Å². The fourth-order valence-electron chi connectivity index (χ4n) is 4.22. The summed E-state index contributed by atoms with van der Waals surface area (Å²) in [6.45, 7) is 0. The highest BCUT2D eigenvalue weighted by Gasteiger charge is 2.51. The number of hydrogen-bond donors (Lipinski definition) is 1. The van der Waals surface area contributed by atoms with Crippen LogP contribution in [0.25, 0.3) is 0 Å². The molecule has 1 amide bonds. The van der Waals surface area contributed by atoms with Gasteiger partial charge in [0.05, 0.1) is 31.4 Å². The molecule has 1 aromatic carbocycles. The summed E-state index contributed by atoms with van der Waals surface area (Å²) in [5, 5.41) is 1.34. The first-order valence-electron chi connectivity index (χ1n) is 9.15. The Balaban J connectivity index is 1.82. The van der Waals surface area contributed by atoms with Gasteiger partial charge < -0.3 is 9.47 Å². The number of benzene rings is 1. The van der Waals surface area contributed by atoms with E-state index in [0.29, 0.717) is 29.7 Å². The van der Waals surface area contributed by atoms with E-state index in [4.69, 9.17) is 4.74 Å². The number of esters is 2. The lowest BCUT2D eigenvalue weighted by Crippen LogP contribution is -2.39. The maximum Gasteiger partial charge on any atom is 0.374 e. The van der Waals surface area contributed by atoms with Crippen LogP contribution in [0.1, 0.15) is 12.8 Å². The highest BCUT2D eigenvalue weighted by atomic mass is 16.5. The largest absolute Gasteiger partial charge is 0.465 e. The molecule has 2 aliphatic heterocycles. The highest BCUT2D eigenvalue weighted by molar-refractivity contribution is 6.40. The van der Waals surface area contributed by atoms with E-state index in [1.54, 1.807) is 24.3 Å². The molecule has 0 aromatic heterocycles. The van der Waals surface area contributed by atoms with Crippen LogP contribution in [0.3, 0.4) is 0 Å². The van der Waals surface area contributed by atoms with Gasteiger partial charge in [-0.25, -0.2) is 14.6 Å². The third-order valence-corrected chi connectivity index (χ3v) is 5.47. The van der Waals surface area contributed by atoms with Crippen molar-refractivity contribution in [1.82, 2.24) is 5.43 Å². The van der Waals surface area contributed by atoms with Crippen LogP contribution in [0.5, 0.6) is 0 Å². The Morgan fingerprint density at radius 1 is 1.10 bits per heavy atom. The van der Waals surface area contributed by atoms with E-state index in [-0.39, 0.29) is 11.6 Å². The second-order valence-corrected chi connectivity index (χ2v) is 6.92. The van der Waals surface area contributed by atoms with Crippen LogP contribution in [0.2, 0.25) is 0 Å². The number of hydrogen-bond acceptors (Lipinski definition) is 8. The molecule has 1 saturated heterocycles. The van der Waals surface area contributed by atoms with Crippen molar-refractivity contribution in [3.63, 3.8) is 0 Å². The average Bonchev–Trinajstić information content (AvgIpc) is 3.33. The molecule has 0 bridgehead atoms. The van der Waals surface area contributed by atoms with Gasteiger partial charge in [-0.2, -0.15) is 5.43 Å². The summed E-state index contributed by atoms with van der Waals surface area (Å²) in [5.41, 5.74) is 4.48. The van der Waals surface area contributed by atoms with Crippen molar-refractivity contribution in [2.45, 2.75) is 19.0 Å². The third kappa shape index (κ3) is 2.94. The minimum atomic E-state index is -0.972. The van der Waals surface area contributed by atoms with Gasteiger partial charge in [0.2, 0.25) is 5.78 Å². The van der Waals surface area contributed by atoms with Crippen LogP contribution in [0.15, 0.2) is 46.5 Å². The minimum absolute atomic E-state index is 0.145. The summed E-state index contributed by atoms with van der Waals surface area (Å²) >= 11 is 0. The fourth-order valence-corrected chi connectivity index (χ4v) is 4.22. The molecule has 1 aromatic rings. The number of allylic oxidation sites excluding steroid dienone is 1. The zero-order valence-corrected chi connectivity index (χ0v) is 15.9. The molecule has 3 atom stereocenters. The molecule has 0 unspecified atom stereocenters. The molecule has 4 rings (SSSR count). The lowest BCUT2D eigenvalue weighted by atomic mass is 9.83. The predicted octanol–water partition coefficient (Wildman–Crippen LogP) is 0.556. The Labute approximate surface area is 166 Å². The van der Waals surface area contributed by atoms with Gasteiger partial charge in [0.15, 0.2) is 0 Å². The monoisotopic (exact) mass is 397 g/mol. The Morgan fingerprint density at radius 2 is 1.83 bits per heavy atom. The summed E-state index contributed by atoms with van der Waals surface area (Å²) in [6, 6.07) is 8.90. The number of ether oxygens (including phenoxy) is 2. The summed E-state index contributed by atoms with van der Waals surface area (Å²) in [7, 11) is 2.38. The number of nitrogens with zero attached hydrogens (tertiary/aromatic N) is 2. The first kappa shape index (κ1) is 19.0. The number of methoxy groups -OCH3 is 2. The van der Waals surface area contributed by atoms with E-state index in [0.717, 1.165) is 7.11 Å². The number of para-hydroxylation sites is 1. The standard InChI is InChI=1S/C20H19N3O6/c1-28-19(26)15-11-8-9-12(16(24)20(27)29-2)13(11)14-17(21-15)22-23(18(14)25)10-6-4-3-5-7-10/h3-7,11-12,17,22H,8-9H2,1-2H3/t11-,12-,17+/m1/s1. The molecule has 2 heterocycles. The van der Waals surface area contributed by atoms with Gasteiger partial charge in [0, 0.05) is 5.92 Å². The first-order chi connectivity index (χ1) is 14.0. The lowest BCUT2D eigenvalue weighted by molar-refractivity contribution is -0.153. The molecule has 1 saturated carbocycles. The predicted molar refractivity (Wildman–Crippen MR) is 101 cm³/mol. The van der Waals surface area contributed by atoms with Crippen LogP contribution < -0.4 is 10.4 Å². The highest BCUT2D eigenvalue weighted by Crippen LogP contribution is 2.45. The number of fused-ring (bicyclic) bond motifs is 2. The SMILES string of the molecule is COC(=O)C(=O)[C@@H]1CC[C@H]2C(C(=O)OC)=N[C@H]3NN(c4ccccc4)C(=O)C3=C12. The number of anilines is 1. The number of Topliss-reactive ketones (excluding diaryl/α,β-unsaturated/α-hetero) is 1. The topological polar surface area (TPSA) is 114 Å². The van der Waals surface area contributed by atoms with Gasteiger partial charge in [-0.15, -0.1) is 0 Å². The molecule has 3 aliphatic rings. The minimum Gasteiger partial charge on any atom is -0.465 e. The third-order valence-electron chi connectivity index (χ3n) is 5.47. The summed E-state index contributed by atoms with van der Waals surface area (Å²) in [4.78, 5) is 54.5. The first-order valence-corrected chi connectivity index (χ1v) is 9.15. The van der Waals surface area contributed by atoms with Crippen LogP contribution in [0.4, 0.5) is 5.69 Å². The van der Waals surface area contributed by atoms with E-state index in [1.807, 2.05) is 6.07 Å². The normalized spacial score (nSPS) is 25.3. The maximum atomic E-state index is 13.2. The number of amides is 1. The van der Waals surface area contributed by atoms with Crippen molar-refractivity contribution in [1.29, 1.82) is 0 Å². The zero-order valence-electron chi connectivity index (χ0n) is 15.9. The molecular weight excluding hydrogens is 378 g/mol. The molecule has 0 spiro atoms. The van der Waals surface area contributed by atoms with Crippen LogP contribution in [0, 0.1) is 11.8 Å². The van der Waals surface area contributed by atoms with Gasteiger partial charge in [-0.05, 0) is 30.5 Å². The smallest absolute Gasteiger partial charge is 0.374 e. The van der Waals surface area contributed by atoms with E-state index < -0.39 is 35.7 Å². The number of hydrazine groups is 1. The van der Waals surface area contributed by atoms with E-state index >= 15 is 0 Å². The molecule has 0 radical (unpaired) electrons. The number of carbonyl (C=O) groups is 4. The quantitative estimate of drug-likeness (QED) is 0.583. The molecule has 2 fully saturated rings. The van der Waals surface area contributed by atoms with E-state index in [9.17, 15) is 19.2 Å². The van der Waals surface area contributed by atoms with Crippen LogP contribution in [-0.4, -0.2) is 49.7 Å². The number of aliphatic imine (C=N–C) groups is 1. The Kier molecular flexibility index (Phi) is 4.75. The van der Waals surface area contributed by atoms with Crippen LogP contribution in [-0.2, 0) is 28.7 Å². The van der Waals surface area contributed by atoms with Crippen molar-refractivity contribution >= 4 is 35.0 Å². The lowest BCUT2D eigenvalue weighted by Gasteiger charge is -2.24. The van der Waals surface area contributed by atoms with Gasteiger partial charge in [-0.3, -0.25) is 14.6 Å². The molecule has 1 aliphatic carbocycles. The number of dihydropyridines is 1. The van der Waals surface area contributed by atoms with E-state index in [1.165, 1.54) is 12.1 Å². The molecule has 1 N–H and O–H groups in total. The van der Waals surface area contributed by atoms with Gasteiger partial charge in [0.1, 0.15) is 11.9 Å². The Morgan fingerprint density at radius 3 is 2.48 bits per heavy atom. The van der Waals surface area contributed by atoms with E-state index in [2.05, 4.69) is 15.2 Å². The second-order valence-electron chi connectivity index (χ2n) is 6.92. The summed E-state index contributed by atoms with van der Waals surface area (Å²) < 4.78 is 9.44. The maximum absolute atomic E-state index is 13.2. The van der Waals surface area contributed by atoms with Crippen molar-refractivity contribution in [3.8, 4) is 0 Å². The molecular formula is C20H19N3O6. The van der Waals surface area contributed by atoms with Crippen molar-refractivity contribution in [3.05, 3.63) is 41.5 Å². The van der Waals surface area contributed by atoms with Crippen LogP contribution >= 0.6 is 0 Å². The number of carbonyl (C=O) groups excluding carboxylic acids is 4. The number of rotatable bonds is 4. The second kappa shape index (κ2) is 7.25. The number of nitrogens with one attached hydrogen (secondary N) is 1. The molecule has 9 heteroatoms. The average molecular weight is 397 g/mol.